The molecule has 1 saturated carbocycles. The van der Waals surface area contributed by atoms with Gasteiger partial charge in [-0.3, -0.25) is 14.4 Å². The van der Waals surface area contributed by atoms with Crippen molar-refractivity contribution in [2.45, 2.75) is 25.3 Å². The van der Waals surface area contributed by atoms with Crippen LogP contribution in [0.4, 0.5) is 5.69 Å². The normalized spacial score (nSPS) is 22.1. The number of rotatable bonds is 6. The molecule has 2 fully saturated rings. The van der Waals surface area contributed by atoms with Crippen LogP contribution < -0.4 is 5.32 Å². The number of amides is 3. The highest BCUT2D eigenvalue weighted by atomic mass is 16.2. The summed E-state index contributed by atoms with van der Waals surface area (Å²) in [6.45, 7) is -0.101. The van der Waals surface area contributed by atoms with Crippen molar-refractivity contribution in [1.29, 1.82) is 5.26 Å². The fourth-order valence-electron chi connectivity index (χ4n) is 3.45. The van der Waals surface area contributed by atoms with Crippen molar-refractivity contribution in [2.24, 2.45) is 11.3 Å². The molecule has 1 aliphatic heterocycles. The molecule has 3 rings (SSSR count). The lowest BCUT2D eigenvalue weighted by molar-refractivity contribution is -0.144. The van der Waals surface area contributed by atoms with Crippen molar-refractivity contribution in [1.82, 2.24) is 9.80 Å². The van der Waals surface area contributed by atoms with Gasteiger partial charge in [-0.15, -0.1) is 0 Å². The summed E-state index contributed by atoms with van der Waals surface area (Å²) in [4.78, 5) is 51.2. The van der Waals surface area contributed by atoms with Gasteiger partial charge in [-0.25, -0.2) is 0 Å². The van der Waals surface area contributed by atoms with Gasteiger partial charge in [0.1, 0.15) is 17.7 Å². The van der Waals surface area contributed by atoms with Gasteiger partial charge in [0.25, 0.3) is 0 Å². The van der Waals surface area contributed by atoms with Gasteiger partial charge in [0, 0.05) is 19.3 Å². The van der Waals surface area contributed by atoms with Gasteiger partial charge in [0.05, 0.1) is 18.5 Å². The molecular weight excluding hydrogens is 360 g/mol. The second-order valence-electron chi connectivity index (χ2n) is 7.41. The zero-order valence-corrected chi connectivity index (χ0v) is 15.6. The average Bonchev–Trinajstić information content (AvgIpc) is 3.38. The van der Waals surface area contributed by atoms with Crippen LogP contribution in [0.3, 0.4) is 0 Å². The van der Waals surface area contributed by atoms with Crippen molar-refractivity contribution in [3.8, 4) is 6.07 Å². The van der Waals surface area contributed by atoms with E-state index in [4.69, 9.17) is 0 Å². The van der Waals surface area contributed by atoms with E-state index in [1.165, 1.54) is 16.8 Å². The van der Waals surface area contributed by atoms with Crippen LogP contribution in [-0.4, -0.2) is 60.0 Å². The Hall–Kier alpha value is -3.21. The molecule has 0 radical (unpaired) electrons. The zero-order valence-electron chi connectivity index (χ0n) is 15.6. The first-order chi connectivity index (χ1) is 13.4. The van der Waals surface area contributed by atoms with Crippen molar-refractivity contribution < 1.29 is 19.2 Å². The van der Waals surface area contributed by atoms with Crippen LogP contribution in [0.15, 0.2) is 30.3 Å². The number of para-hydroxylation sites is 1. The molecule has 1 aromatic rings. The minimum atomic E-state index is -0.979. The topological polar surface area (TPSA) is 111 Å². The van der Waals surface area contributed by atoms with Crippen LogP contribution >= 0.6 is 0 Å². The molecular formula is C20H22N4O4. The lowest BCUT2D eigenvalue weighted by Crippen LogP contribution is -2.45. The summed E-state index contributed by atoms with van der Waals surface area (Å²) >= 11 is 0. The van der Waals surface area contributed by atoms with Gasteiger partial charge in [-0.2, -0.15) is 5.26 Å². The third-order valence-corrected chi connectivity index (χ3v) is 5.34. The molecule has 0 bridgehead atoms. The third kappa shape index (κ3) is 3.88. The van der Waals surface area contributed by atoms with Crippen LogP contribution in [-0.2, 0) is 19.2 Å². The lowest BCUT2D eigenvalue weighted by Gasteiger charge is -2.25. The Labute approximate surface area is 163 Å². The average molecular weight is 382 g/mol. The highest BCUT2D eigenvalue weighted by molar-refractivity contribution is 6.01. The number of anilines is 1. The summed E-state index contributed by atoms with van der Waals surface area (Å²) in [5.41, 5.74) is -0.327. The Morgan fingerprint density at radius 1 is 1.32 bits per heavy atom. The van der Waals surface area contributed by atoms with Crippen LogP contribution in [0, 0.1) is 22.7 Å². The second kappa shape index (κ2) is 7.80. The number of nitrogens with zero attached hydrogens (tertiary/aromatic N) is 3. The highest BCUT2D eigenvalue weighted by Crippen LogP contribution is 2.44. The van der Waals surface area contributed by atoms with Gasteiger partial charge < -0.3 is 19.9 Å². The standard InChI is InChI=1S/C20H22N4O4/c1-23(19(28)20(13-25)7-8-20)12-17(26)24-11-14(9-16(24)10-21)18(27)22-15-5-3-2-4-6-15/h2-6,13-14,16H,7-9,11-12H2,1H3,(H,22,27). The molecule has 1 saturated heterocycles. The summed E-state index contributed by atoms with van der Waals surface area (Å²) in [5.74, 6) is -1.52. The maximum Gasteiger partial charge on any atom is 0.243 e. The van der Waals surface area contributed by atoms with Gasteiger partial charge in [0.15, 0.2) is 0 Å². The van der Waals surface area contributed by atoms with E-state index in [0.29, 0.717) is 24.8 Å². The minimum absolute atomic E-state index is 0.122. The van der Waals surface area contributed by atoms with E-state index in [0.717, 1.165) is 0 Å². The molecule has 1 N–H and O–H groups in total. The smallest absolute Gasteiger partial charge is 0.243 e. The highest BCUT2D eigenvalue weighted by Gasteiger charge is 2.51. The van der Waals surface area contributed by atoms with E-state index in [2.05, 4.69) is 11.4 Å². The number of nitriles is 1. The van der Waals surface area contributed by atoms with Crippen LogP contribution in [0.1, 0.15) is 19.3 Å². The molecule has 28 heavy (non-hydrogen) atoms. The predicted octanol–water partition coefficient (Wildman–Crippen LogP) is 0.803. The molecule has 3 amide bonds. The molecule has 8 nitrogen and oxygen atoms in total. The predicted molar refractivity (Wildman–Crippen MR) is 99.7 cm³/mol. The first kappa shape index (κ1) is 19.5. The maximum atomic E-state index is 12.7. The van der Waals surface area contributed by atoms with E-state index in [1.54, 1.807) is 24.3 Å². The minimum Gasteiger partial charge on any atom is -0.336 e. The number of hydrogen-bond acceptors (Lipinski definition) is 5. The summed E-state index contributed by atoms with van der Waals surface area (Å²) in [7, 11) is 1.47. The second-order valence-corrected chi connectivity index (χ2v) is 7.41. The van der Waals surface area contributed by atoms with Gasteiger partial charge in [-0.1, -0.05) is 18.2 Å². The first-order valence-electron chi connectivity index (χ1n) is 9.17. The summed E-state index contributed by atoms with van der Waals surface area (Å²) < 4.78 is 0. The number of likely N-dealkylation sites (tertiary alicyclic amines) is 1. The lowest BCUT2D eigenvalue weighted by atomic mass is 10.1. The molecule has 8 heteroatoms. The monoisotopic (exact) mass is 382 g/mol. The molecule has 0 aromatic heterocycles. The van der Waals surface area contributed by atoms with E-state index >= 15 is 0 Å². The third-order valence-electron chi connectivity index (χ3n) is 5.34. The number of nitrogens with one attached hydrogen (secondary N) is 1. The number of carbonyl (C=O) groups is 4. The van der Waals surface area contributed by atoms with E-state index < -0.39 is 23.3 Å². The number of benzene rings is 1. The molecule has 1 heterocycles. The Kier molecular flexibility index (Phi) is 5.45. The number of hydrogen-bond donors (Lipinski definition) is 1. The van der Waals surface area contributed by atoms with Crippen molar-refractivity contribution in [2.75, 3.05) is 25.5 Å². The Morgan fingerprint density at radius 3 is 2.57 bits per heavy atom. The number of carbonyl (C=O) groups excluding carboxylic acids is 4. The molecule has 146 valence electrons. The van der Waals surface area contributed by atoms with Crippen LogP contribution in [0.25, 0.3) is 0 Å². The van der Waals surface area contributed by atoms with Crippen molar-refractivity contribution in [3.63, 3.8) is 0 Å². The summed E-state index contributed by atoms with van der Waals surface area (Å²) in [6.07, 6.45) is 1.89. The molecule has 2 aliphatic rings. The Bertz CT molecular complexity index is 828. The zero-order chi connectivity index (χ0) is 20.3. The van der Waals surface area contributed by atoms with E-state index in [9.17, 15) is 24.4 Å². The van der Waals surface area contributed by atoms with E-state index in [1.807, 2.05) is 6.07 Å². The fourth-order valence-corrected chi connectivity index (χ4v) is 3.45. The van der Waals surface area contributed by atoms with Gasteiger partial charge >= 0.3 is 0 Å². The van der Waals surface area contributed by atoms with Gasteiger partial charge in [0.2, 0.25) is 17.7 Å². The Balaban J connectivity index is 1.60. The number of aldehydes is 1. The molecule has 1 aliphatic carbocycles. The fraction of sp³-hybridized carbons (Fsp3) is 0.450. The Morgan fingerprint density at radius 2 is 2.00 bits per heavy atom. The quantitative estimate of drug-likeness (QED) is 0.578. The SMILES string of the molecule is CN(CC(=O)N1CC(C(=O)Nc2ccccc2)CC1C#N)C(=O)C1(C=O)CC1. The largest absolute Gasteiger partial charge is 0.336 e. The van der Waals surface area contributed by atoms with Crippen LogP contribution in [0.2, 0.25) is 0 Å². The molecule has 1 aromatic carbocycles. The van der Waals surface area contributed by atoms with Crippen LogP contribution in [0.5, 0.6) is 0 Å². The van der Waals surface area contributed by atoms with Crippen molar-refractivity contribution in [3.05, 3.63) is 30.3 Å². The summed E-state index contributed by atoms with van der Waals surface area (Å²) in [5, 5.41) is 12.2. The van der Waals surface area contributed by atoms with Gasteiger partial charge in [-0.05, 0) is 31.4 Å². The molecule has 2 atom stereocenters. The first-order valence-corrected chi connectivity index (χ1v) is 9.17. The molecule has 2 unspecified atom stereocenters. The molecule has 0 spiro atoms. The number of likely N-dealkylation sites (N-methyl/N-ethyl adjacent to an activating group) is 1. The van der Waals surface area contributed by atoms with Crippen molar-refractivity contribution >= 4 is 29.7 Å². The maximum absolute atomic E-state index is 12.7. The summed E-state index contributed by atoms with van der Waals surface area (Å²) in [6, 6.07) is 10.3. The van der Waals surface area contributed by atoms with E-state index in [-0.39, 0.29) is 31.3 Å².